The van der Waals surface area contributed by atoms with Crippen LogP contribution in [0.2, 0.25) is 5.02 Å². The number of amides is 1. The molecular weight excluding hydrogens is 442 g/mol. The highest BCUT2D eigenvalue weighted by molar-refractivity contribution is 6.31. The molecule has 0 spiro atoms. The summed E-state index contributed by atoms with van der Waals surface area (Å²) in [6.45, 7) is 4.49. The highest BCUT2D eigenvalue weighted by Gasteiger charge is 2.47. The van der Waals surface area contributed by atoms with E-state index in [-0.39, 0.29) is 29.7 Å². The van der Waals surface area contributed by atoms with Crippen LogP contribution in [0.3, 0.4) is 0 Å². The lowest BCUT2D eigenvalue weighted by molar-refractivity contribution is -0.122. The lowest BCUT2D eigenvalue weighted by Crippen LogP contribution is -2.49. The molecule has 0 saturated carbocycles. The van der Waals surface area contributed by atoms with Crippen molar-refractivity contribution in [3.63, 3.8) is 0 Å². The van der Waals surface area contributed by atoms with Crippen LogP contribution in [0.4, 0.5) is 10.1 Å². The van der Waals surface area contributed by atoms with Crippen LogP contribution in [0.1, 0.15) is 19.3 Å². The Morgan fingerprint density at radius 1 is 1.45 bits per heavy atom. The number of nitrogens with zero attached hydrogens (tertiary/aromatic N) is 1. The first-order chi connectivity index (χ1) is 14.9. The third kappa shape index (κ3) is 6.40. The van der Waals surface area contributed by atoms with Gasteiger partial charge in [-0.25, -0.2) is 4.39 Å². The largest absolute Gasteiger partial charge is 0.395 e. The zero-order valence-corrected chi connectivity index (χ0v) is 18.7. The topological polar surface area (TPSA) is 61.8 Å². The summed E-state index contributed by atoms with van der Waals surface area (Å²) in [5, 5.41) is 13.6. The van der Waals surface area contributed by atoms with Crippen LogP contribution in [0.15, 0.2) is 59.9 Å². The minimum atomic E-state index is -0.802. The Bertz CT molecular complexity index is 855. The molecule has 5 nitrogen and oxygen atoms in total. The summed E-state index contributed by atoms with van der Waals surface area (Å²) in [5.41, 5.74) is 0.531. The zero-order valence-electron chi connectivity index (χ0n) is 17.1. The second-order valence-electron chi connectivity index (χ2n) is 7.81. The maximum atomic E-state index is 15.2. The van der Waals surface area contributed by atoms with Crippen LogP contribution in [-0.2, 0) is 9.53 Å². The number of aliphatic hydroxyl groups excluding tert-OH is 1. The summed E-state index contributed by atoms with van der Waals surface area (Å²) in [7, 11) is 0. The highest BCUT2D eigenvalue weighted by Crippen LogP contribution is 2.37. The van der Waals surface area contributed by atoms with E-state index in [0.29, 0.717) is 30.3 Å². The molecule has 2 heterocycles. The molecule has 2 saturated heterocycles. The lowest BCUT2D eigenvalue weighted by atomic mass is 9.96. The van der Waals surface area contributed by atoms with E-state index in [1.165, 1.54) is 18.2 Å². The monoisotopic (exact) mass is 468 g/mol. The van der Waals surface area contributed by atoms with Crippen molar-refractivity contribution in [2.75, 3.05) is 25.1 Å². The van der Waals surface area contributed by atoms with Gasteiger partial charge in [-0.2, -0.15) is 0 Å². The van der Waals surface area contributed by atoms with Crippen LogP contribution in [0, 0.1) is 5.92 Å². The Morgan fingerprint density at radius 2 is 2.26 bits per heavy atom. The van der Waals surface area contributed by atoms with Gasteiger partial charge < -0.3 is 15.2 Å². The standard InChI is InChI=1S/C23H27Cl2FN2O3/c1-15(24)5-2-9-21(26)20-12-18(14-29)28(13-19-8-4-10-31-19)22(20)23(30)27-17-7-3-6-16(25)11-17/h2-3,5-7,9,11,18-20,22,29H,1,4,8,10,12-14H2,(H,27,30)/b5-2-,21-9-/t18-,19?,20?,22?/m1/s1. The van der Waals surface area contributed by atoms with Crippen LogP contribution in [0.25, 0.3) is 0 Å². The quantitative estimate of drug-likeness (QED) is 0.544. The van der Waals surface area contributed by atoms with Crippen molar-refractivity contribution >= 4 is 34.8 Å². The Morgan fingerprint density at radius 3 is 2.90 bits per heavy atom. The normalized spacial score (nSPS) is 27.2. The number of rotatable bonds is 8. The van der Waals surface area contributed by atoms with Gasteiger partial charge in [0.05, 0.1) is 18.8 Å². The molecule has 2 fully saturated rings. The third-order valence-corrected chi connectivity index (χ3v) is 5.99. The lowest BCUT2D eigenvalue weighted by Gasteiger charge is -2.31. The van der Waals surface area contributed by atoms with Crippen molar-refractivity contribution in [2.24, 2.45) is 5.92 Å². The first-order valence-electron chi connectivity index (χ1n) is 10.3. The number of carbonyl (C=O) groups is 1. The molecule has 1 amide bonds. The second-order valence-corrected chi connectivity index (χ2v) is 8.73. The summed E-state index contributed by atoms with van der Waals surface area (Å²) in [4.78, 5) is 15.2. The molecular formula is C23H27Cl2FN2O3. The maximum absolute atomic E-state index is 15.2. The van der Waals surface area contributed by atoms with Gasteiger partial charge in [-0.3, -0.25) is 9.69 Å². The van der Waals surface area contributed by atoms with E-state index in [0.717, 1.165) is 12.8 Å². The number of aliphatic hydroxyl groups is 1. The number of nitrogens with one attached hydrogen (secondary N) is 1. The van der Waals surface area contributed by atoms with Crippen molar-refractivity contribution < 1.29 is 19.0 Å². The maximum Gasteiger partial charge on any atom is 0.242 e. The molecule has 1 aromatic rings. The molecule has 168 valence electrons. The smallest absolute Gasteiger partial charge is 0.242 e. The molecule has 0 aromatic heterocycles. The summed E-state index contributed by atoms with van der Waals surface area (Å²) in [6.07, 6.45) is 6.34. The number of allylic oxidation sites excluding steroid dienone is 4. The average Bonchev–Trinajstić information content (AvgIpc) is 3.35. The molecule has 2 aliphatic rings. The Kier molecular flexibility index (Phi) is 8.69. The van der Waals surface area contributed by atoms with E-state index in [9.17, 15) is 9.90 Å². The number of halogens is 3. The van der Waals surface area contributed by atoms with Crippen LogP contribution in [0.5, 0.6) is 0 Å². The molecule has 0 radical (unpaired) electrons. The predicted molar refractivity (Wildman–Crippen MR) is 122 cm³/mol. The van der Waals surface area contributed by atoms with Crippen molar-refractivity contribution in [2.45, 2.75) is 37.5 Å². The minimum absolute atomic E-state index is 0.0409. The predicted octanol–water partition coefficient (Wildman–Crippen LogP) is 4.67. The molecule has 0 bridgehead atoms. The SMILES string of the molecule is C=C(Cl)/C=C\C=C(/F)C1C[C@H](CO)N(CC2CCCO2)C1C(=O)Nc1cccc(Cl)c1. The van der Waals surface area contributed by atoms with Gasteiger partial charge in [0, 0.05) is 40.9 Å². The van der Waals surface area contributed by atoms with E-state index in [1.807, 2.05) is 4.90 Å². The van der Waals surface area contributed by atoms with Crippen molar-refractivity contribution in [1.82, 2.24) is 4.90 Å². The molecule has 0 aliphatic carbocycles. The van der Waals surface area contributed by atoms with Crippen LogP contribution < -0.4 is 5.32 Å². The minimum Gasteiger partial charge on any atom is -0.395 e. The fourth-order valence-electron chi connectivity index (χ4n) is 4.23. The van der Waals surface area contributed by atoms with Crippen LogP contribution >= 0.6 is 23.2 Å². The second kappa shape index (κ2) is 11.2. The van der Waals surface area contributed by atoms with Crippen molar-refractivity contribution in [3.8, 4) is 0 Å². The number of benzene rings is 1. The Labute approximate surface area is 192 Å². The van der Waals surface area contributed by atoms with Gasteiger partial charge in [-0.15, -0.1) is 0 Å². The van der Waals surface area contributed by atoms with E-state index in [2.05, 4.69) is 11.9 Å². The molecule has 1 aromatic carbocycles. The van der Waals surface area contributed by atoms with Gasteiger partial charge in [0.15, 0.2) is 0 Å². The number of anilines is 1. The first-order valence-corrected chi connectivity index (χ1v) is 11.1. The molecule has 8 heteroatoms. The third-order valence-electron chi connectivity index (χ3n) is 5.63. The van der Waals surface area contributed by atoms with E-state index in [4.69, 9.17) is 27.9 Å². The fraction of sp³-hybridized carbons (Fsp3) is 0.435. The van der Waals surface area contributed by atoms with Gasteiger partial charge in [0.1, 0.15) is 5.83 Å². The van der Waals surface area contributed by atoms with Gasteiger partial charge >= 0.3 is 0 Å². The summed E-state index contributed by atoms with van der Waals surface area (Å²) in [6, 6.07) is 5.65. The summed E-state index contributed by atoms with van der Waals surface area (Å²) in [5.74, 6) is -1.52. The molecule has 2 aliphatic heterocycles. The first kappa shape index (κ1) is 24.0. The Balaban J connectivity index is 1.87. The molecule has 2 N–H and O–H groups in total. The molecule has 3 rings (SSSR count). The highest BCUT2D eigenvalue weighted by atomic mass is 35.5. The van der Waals surface area contributed by atoms with Gasteiger partial charge in [-0.1, -0.05) is 41.9 Å². The Hall–Kier alpha value is -1.70. The fourth-order valence-corrected chi connectivity index (χ4v) is 4.49. The average molecular weight is 469 g/mol. The summed E-state index contributed by atoms with van der Waals surface area (Å²) >= 11 is 11.7. The van der Waals surface area contributed by atoms with E-state index in [1.54, 1.807) is 24.3 Å². The van der Waals surface area contributed by atoms with Crippen molar-refractivity contribution in [1.29, 1.82) is 0 Å². The molecule has 3 unspecified atom stereocenters. The van der Waals surface area contributed by atoms with E-state index < -0.39 is 17.8 Å². The zero-order chi connectivity index (χ0) is 22.4. The molecule has 31 heavy (non-hydrogen) atoms. The molecule has 4 atom stereocenters. The number of hydrogen-bond donors (Lipinski definition) is 2. The van der Waals surface area contributed by atoms with Crippen LogP contribution in [-0.4, -0.2) is 53.9 Å². The summed E-state index contributed by atoms with van der Waals surface area (Å²) < 4.78 is 20.9. The number of likely N-dealkylation sites (tertiary alicyclic amines) is 1. The number of hydrogen-bond acceptors (Lipinski definition) is 4. The number of carbonyl (C=O) groups excluding carboxylic acids is 1. The van der Waals surface area contributed by atoms with E-state index >= 15 is 4.39 Å². The van der Waals surface area contributed by atoms with Gasteiger partial charge in [-0.05, 0) is 49.6 Å². The van der Waals surface area contributed by atoms with Gasteiger partial charge in [0.2, 0.25) is 5.91 Å². The van der Waals surface area contributed by atoms with Gasteiger partial charge in [0.25, 0.3) is 0 Å². The van der Waals surface area contributed by atoms with Crippen molar-refractivity contribution in [3.05, 3.63) is 65.0 Å². The number of ether oxygens (including phenoxy) is 1.